The minimum Gasteiger partial charge on any atom is -0.810 e. The van der Waals surface area contributed by atoms with Gasteiger partial charge in [0.2, 0.25) is 0 Å². The topological polar surface area (TPSA) is 259 Å². The van der Waals surface area contributed by atoms with E-state index in [2.05, 4.69) is 0 Å². The quantitative estimate of drug-likeness (QED) is 0.0885. The van der Waals surface area contributed by atoms with Crippen LogP contribution in [-0.2, 0) is 18.3 Å². The minimum atomic E-state index is -5.07. The molecule has 0 atom stereocenters. The predicted octanol–water partition coefficient (Wildman–Crippen LogP) is -20.3. The van der Waals surface area contributed by atoms with E-state index in [1.807, 2.05) is 0 Å². The van der Waals surface area contributed by atoms with E-state index in [1.54, 1.807) is 0 Å². The van der Waals surface area contributed by atoms with E-state index >= 15 is 0 Å². The van der Waals surface area contributed by atoms with E-state index in [9.17, 15) is 57.4 Å². The molecule has 0 saturated heterocycles. The molecule has 0 amide bonds. The van der Waals surface area contributed by atoms with E-state index in [0.29, 0.717) is 22.6 Å². The summed E-state index contributed by atoms with van der Waals surface area (Å²) in [6.45, 7) is -0.363. The van der Waals surface area contributed by atoms with Crippen molar-refractivity contribution in [3.63, 3.8) is 0 Å². The van der Waals surface area contributed by atoms with E-state index < -0.39 is 55.5 Å². The number of hydrogen-bond acceptors (Lipinski definition) is 14. The van der Waals surface area contributed by atoms with Crippen LogP contribution in [0.1, 0.15) is 25.7 Å². The molecule has 0 N–H and O–H groups in total. The Balaban J connectivity index is -0.000000364. The van der Waals surface area contributed by atoms with Crippen LogP contribution in [0.4, 0.5) is 0 Å². The van der Waals surface area contributed by atoms with Crippen LogP contribution in [0.15, 0.2) is 0 Å². The first-order valence-corrected chi connectivity index (χ1v) is 14.8. The average Bonchev–Trinajstić information content (AvgIpc) is 2.34. The van der Waals surface area contributed by atoms with Crippen molar-refractivity contribution in [2.75, 3.05) is 38.2 Å². The molecule has 0 saturated carbocycles. The molecule has 0 heterocycles. The zero-order chi connectivity index (χ0) is 22.2. The largest absolute Gasteiger partial charge is 1.00 e. The van der Waals surface area contributed by atoms with E-state index in [-0.39, 0.29) is 283 Å². The van der Waals surface area contributed by atoms with Crippen LogP contribution in [0.25, 0.3) is 0 Å². The SMILES string of the molecule is O=P([O-])([O-])CN(CCCCCCN(CP(=O)([O-])[O-])CP(=O)([O-])[O-])CP(=O)([O-])[O-].[K+].[K+].[K+].[K+].[K+]. The fourth-order valence-corrected chi connectivity index (χ4v) is 5.62. The summed E-state index contributed by atoms with van der Waals surface area (Å²) >= 11 is 0. The van der Waals surface area contributed by atoms with Gasteiger partial charge in [-0.1, -0.05) is 43.2 Å². The van der Waals surface area contributed by atoms with Gasteiger partial charge >= 0.3 is 257 Å². The second-order valence-electron chi connectivity index (χ2n) is 6.21. The summed E-state index contributed by atoms with van der Waals surface area (Å²) in [6, 6.07) is 0. The van der Waals surface area contributed by atoms with Gasteiger partial charge in [0.25, 0.3) is 0 Å². The molecule has 170 valence electrons. The first-order valence-electron chi connectivity index (χ1n) is 7.85. The zero-order valence-corrected chi connectivity index (χ0v) is 38.8. The van der Waals surface area contributed by atoms with Gasteiger partial charge in [-0.3, -0.25) is 9.80 Å². The monoisotopic (exact) mass is 679 g/mol. The molecule has 0 aromatic heterocycles. The molecule has 0 bridgehead atoms. The molecular formula is C10H20K5N2O12P4-3. The standard InChI is InChI=1S/C10H28N2O12P4.5K/c13-25(14,15)7-11(8-26(16,17)18)5-3-1-2-4-6-12(9-27(19,20)21)10-28(22,23)24;;;;;/h1-10H2,(H2,13,14,15)(H2,16,17,18)(H2,19,20,21)(H2,22,23,24);;;;;/q;5*+1/p-8. The molecule has 23 heteroatoms. The van der Waals surface area contributed by atoms with Crippen molar-refractivity contribution in [3.8, 4) is 0 Å². The Hall–Kier alpha value is 8.70. The fourth-order valence-electron chi connectivity index (χ4n) is 2.38. The maximum absolute atomic E-state index is 10.7. The van der Waals surface area contributed by atoms with Gasteiger partial charge in [-0.15, -0.1) is 0 Å². The molecule has 0 aromatic carbocycles. The average molecular weight is 680 g/mol. The molecule has 0 rings (SSSR count). The summed E-state index contributed by atoms with van der Waals surface area (Å²) in [4.78, 5) is 87.4. The molecule has 0 aromatic rings. The molecule has 33 heavy (non-hydrogen) atoms. The summed E-state index contributed by atoms with van der Waals surface area (Å²) < 4.78 is 43.0. The number of unbranched alkanes of at least 4 members (excludes halogenated alkanes) is 3. The Labute approximate surface area is 406 Å². The Bertz CT molecular complexity index is 567. The van der Waals surface area contributed by atoms with Gasteiger partial charge in [0.1, 0.15) is 0 Å². The number of nitrogens with zero attached hydrogens (tertiary/aromatic N) is 2. The first kappa shape index (κ1) is 54.2. The Morgan fingerprint density at radius 2 is 0.576 bits per heavy atom. The molecule has 0 radical (unpaired) electrons. The van der Waals surface area contributed by atoms with Gasteiger partial charge in [0.15, 0.2) is 0 Å². The molecule has 14 nitrogen and oxygen atoms in total. The van der Waals surface area contributed by atoms with Crippen LogP contribution in [-0.4, -0.2) is 48.0 Å². The smallest absolute Gasteiger partial charge is 0.810 e. The summed E-state index contributed by atoms with van der Waals surface area (Å²) in [6.07, 6.45) is -3.48. The normalized spacial score (nSPS) is 12.1. The van der Waals surface area contributed by atoms with Crippen LogP contribution in [0, 0.1) is 0 Å². The van der Waals surface area contributed by atoms with Crippen LogP contribution in [0.3, 0.4) is 0 Å². The van der Waals surface area contributed by atoms with Crippen molar-refractivity contribution < 1.29 is 314 Å². The van der Waals surface area contributed by atoms with Crippen molar-refractivity contribution in [3.05, 3.63) is 0 Å². The van der Waals surface area contributed by atoms with E-state index in [4.69, 9.17) is 0 Å². The van der Waals surface area contributed by atoms with Crippen LogP contribution < -0.4 is 296 Å². The second kappa shape index (κ2) is 27.0. The Morgan fingerprint density at radius 1 is 0.394 bits per heavy atom. The van der Waals surface area contributed by atoms with E-state index in [0.717, 1.165) is 0 Å². The number of rotatable bonds is 15. The summed E-state index contributed by atoms with van der Waals surface area (Å²) in [7, 11) is -20.3. The third-order valence-electron chi connectivity index (χ3n) is 3.19. The van der Waals surface area contributed by atoms with Crippen LogP contribution in [0.5, 0.6) is 0 Å². The van der Waals surface area contributed by atoms with Crippen molar-refractivity contribution in [2.24, 2.45) is 0 Å². The maximum Gasteiger partial charge on any atom is 1.00 e. The fraction of sp³-hybridized carbons (Fsp3) is 1.00. The third kappa shape index (κ3) is 42.9. The van der Waals surface area contributed by atoms with Crippen LogP contribution in [0.2, 0.25) is 0 Å². The van der Waals surface area contributed by atoms with Gasteiger partial charge in [0, 0.05) is 25.1 Å². The van der Waals surface area contributed by atoms with E-state index in [1.165, 1.54) is 0 Å². The third-order valence-corrected chi connectivity index (χ3v) is 6.18. The van der Waals surface area contributed by atoms with Crippen LogP contribution >= 0.6 is 30.4 Å². The molecule has 0 aliphatic rings. The minimum absolute atomic E-state index is 0. The first-order chi connectivity index (χ1) is 12.4. The van der Waals surface area contributed by atoms with Crippen molar-refractivity contribution in [1.29, 1.82) is 0 Å². The molecule has 0 aliphatic carbocycles. The predicted molar refractivity (Wildman–Crippen MR) is 81.8 cm³/mol. The van der Waals surface area contributed by atoms with Gasteiger partial charge in [-0.25, -0.2) is 0 Å². The van der Waals surface area contributed by atoms with Gasteiger partial charge < -0.3 is 57.4 Å². The number of hydrogen-bond donors (Lipinski definition) is 0. The van der Waals surface area contributed by atoms with Crippen molar-refractivity contribution >= 4 is 30.4 Å². The molecule has 0 fully saturated rings. The summed E-state index contributed by atoms with van der Waals surface area (Å²) in [5.41, 5.74) is 0. The summed E-state index contributed by atoms with van der Waals surface area (Å²) in [5.74, 6) is 0. The molecule has 0 spiro atoms. The zero-order valence-electron chi connectivity index (χ0n) is 19.7. The molecular weight excluding hydrogens is 659 g/mol. The van der Waals surface area contributed by atoms with Crippen molar-refractivity contribution in [2.45, 2.75) is 25.7 Å². The van der Waals surface area contributed by atoms with Gasteiger partial charge in [-0.2, -0.15) is 0 Å². The Morgan fingerprint density at radius 3 is 0.727 bits per heavy atom. The van der Waals surface area contributed by atoms with Crippen molar-refractivity contribution in [1.82, 2.24) is 9.80 Å². The maximum atomic E-state index is 10.7. The Kier molecular flexibility index (Phi) is 44.4. The molecule has 0 aliphatic heterocycles. The second-order valence-corrected chi connectivity index (χ2v) is 12.2. The molecule has 0 unspecified atom stereocenters. The summed E-state index contributed by atoms with van der Waals surface area (Å²) in [5, 5.41) is 0. The van der Waals surface area contributed by atoms with Gasteiger partial charge in [0.05, 0.1) is 0 Å². The van der Waals surface area contributed by atoms with Gasteiger partial charge in [-0.05, 0) is 25.9 Å².